The zero-order chi connectivity index (χ0) is 7.56. The van der Waals surface area contributed by atoms with Gasteiger partial charge in [0, 0.05) is 5.75 Å². The van der Waals surface area contributed by atoms with Crippen LogP contribution in [0.25, 0.3) is 0 Å². The van der Waals surface area contributed by atoms with E-state index in [1.165, 1.54) is 6.42 Å². The van der Waals surface area contributed by atoms with Crippen LogP contribution in [0.4, 0.5) is 0 Å². The summed E-state index contributed by atoms with van der Waals surface area (Å²) in [7, 11) is 0. The number of hydrogen-bond acceptors (Lipinski definition) is 3. The molecular weight excluding hydrogens is 224 g/mol. The quantitative estimate of drug-likeness (QED) is 0.760. The zero-order valence-corrected chi connectivity index (χ0v) is 9.44. The van der Waals surface area contributed by atoms with E-state index in [0.717, 1.165) is 10.9 Å². The van der Waals surface area contributed by atoms with Gasteiger partial charge in [-0.15, -0.1) is 17.0 Å². The molecule has 1 aliphatic heterocycles. The largest absolute Gasteiger partial charge is 0.379 e. The van der Waals surface area contributed by atoms with E-state index in [9.17, 15) is 0 Å². The number of thioether (sulfide) groups is 1. The fraction of sp³-hybridized carbons (Fsp3) is 0.857. The van der Waals surface area contributed by atoms with Crippen molar-refractivity contribution in [3.8, 4) is 0 Å². The molecule has 0 radical (unpaired) electrons. The van der Waals surface area contributed by atoms with E-state index in [2.05, 4.69) is 18.8 Å². The number of nitrogens with zero attached hydrogens (tertiary/aromatic N) is 1. The molecule has 2 N–H and O–H groups in total. The Morgan fingerprint density at radius 2 is 2.27 bits per heavy atom. The van der Waals surface area contributed by atoms with Gasteiger partial charge < -0.3 is 5.73 Å². The summed E-state index contributed by atoms with van der Waals surface area (Å²) in [6, 6.07) is 0.473. The van der Waals surface area contributed by atoms with Crippen molar-refractivity contribution in [2.75, 3.05) is 5.75 Å². The maximum atomic E-state index is 5.58. The van der Waals surface area contributed by atoms with Crippen molar-refractivity contribution in [1.82, 2.24) is 0 Å². The highest BCUT2D eigenvalue weighted by Gasteiger charge is 2.16. The molecule has 0 amide bonds. The molecule has 11 heavy (non-hydrogen) atoms. The van der Waals surface area contributed by atoms with Gasteiger partial charge in [-0.3, -0.25) is 4.99 Å². The van der Waals surface area contributed by atoms with Gasteiger partial charge in [-0.2, -0.15) is 0 Å². The first-order valence-electron chi connectivity index (χ1n) is 3.66. The van der Waals surface area contributed by atoms with Gasteiger partial charge in [-0.25, -0.2) is 0 Å². The number of rotatable bonds is 1. The summed E-state index contributed by atoms with van der Waals surface area (Å²) in [4.78, 5) is 4.34. The zero-order valence-electron chi connectivity index (χ0n) is 6.91. The maximum Gasteiger partial charge on any atom is 0.154 e. The Labute approximate surface area is 82.8 Å². The van der Waals surface area contributed by atoms with Crippen LogP contribution in [0.5, 0.6) is 0 Å². The lowest BCUT2D eigenvalue weighted by Crippen LogP contribution is -2.23. The molecule has 0 aromatic rings. The Bertz CT molecular complexity index is 147. The Morgan fingerprint density at radius 3 is 2.64 bits per heavy atom. The summed E-state index contributed by atoms with van der Waals surface area (Å²) >= 11 is 1.67. The third-order valence-corrected chi connectivity index (χ3v) is 2.57. The van der Waals surface area contributed by atoms with Gasteiger partial charge in [0.05, 0.1) is 6.04 Å². The number of hydrogen-bond donors (Lipinski definition) is 1. The minimum Gasteiger partial charge on any atom is -0.379 e. The predicted octanol–water partition coefficient (Wildman–Crippen LogP) is 2.04. The van der Waals surface area contributed by atoms with Crippen molar-refractivity contribution in [2.24, 2.45) is 16.6 Å². The van der Waals surface area contributed by atoms with Crippen molar-refractivity contribution in [3.63, 3.8) is 0 Å². The molecule has 4 heteroatoms. The summed E-state index contributed by atoms with van der Waals surface area (Å²) in [6.45, 7) is 4.38. The summed E-state index contributed by atoms with van der Waals surface area (Å²) < 4.78 is 0. The average molecular weight is 239 g/mol. The van der Waals surface area contributed by atoms with Crippen molar-refractivity contribution in [1.29, 1.82) is 0 Å². The second-order valence-electron chi connectivity index (χ2n) is 2.92. The number of nitrogens with two attached hydrogens (primary N) is 1. The van der Waals surface area contributed by atoms with Crippen LogP contribution in [0.2, 0.25) is 0 Å². The van der Waals surface area contributed by atoms with Crippen LogP contribution in [0.15, 0.2) is 4.99 Å². The molecule has 66 valence electrons. The molecule has 0 spiro atoms. The third kappa shape index (κ3) is 3.47. The summed E-state index contributed by atoms with van der Waals surface area (Å²) in [5, 5.41) is 0.768. The van der Waals surface area contributed by atoms with Gasteiger partial charge >= 0.3 is 0 Å². The van der Waals surface area contributed by atoms with Gasteiger partial charge in [-0.05, 0) is 12.3 Å². The van der Waals surface area contributed by atoms with Gasteiger partial charge in [-0.1, -0.05) is 25.6 Å². The molecule has 0 saturated heterocycles. The number of amidine groups is 1. The van der Waals surface area contributed by atoms with Gasteiger partial charge in [0.15, 0.2) is 5.17 Å². The van der Waals surface area contributed by atoms with Gasteiger partial charge in [0.1, 0.15) is 0 Å². The molecule has 0 fully saturated rings. The van der Waals surface area contributed by atoms with E-state index in [4.69, 9.17) is 5.73 Å². The van der Waals surface area contributed by atoms with E-state index in [1.807, 2.05) is 0 Å². The van der Waals surface area contributed by atoms with Crippen molar-refractivity contribution in [3.05, 3.63) is 0 Å². The average Bonchev–Trinajstić information content (AvgIpc) is 1.88. The van der Waals surface area contributed by atoms with Crippen LogP contribution >= 0.6 is 28.7 Å². The molecule has 0 aromatic heterocycles. The summed E-state index contributed by atoms with van der Waals surface area (Å²) in [5.41, 5.74) is 5.58. The second kappa shape index (κ2) is 5.04. The molecular formula is C7H15BrN2S. The van der Waals surface area contributed by atoms with Crippen molar-refractivity contribution < 1.29 is 0 Å². The van der Waals surface area contributed by atoms with Crippen LogP contribution in [-0.2, 0) is 0 Å². The monoisotopic (exact) mass is 238 g/mol. The Balaban J connectivity index is 0.000001000. The SMILES string of the molecule is Br.CC(C)[C@H]1CCSC(N)=N1. The van der Waals surface area contributed by atoms with Crippen LogP contribution in [0.1, 0.15) is 20.3 Å². The highest BCUT2D eigenvalue weighted by Crippen LogP contribution is 2.20. The first-order valence-corrected chi connectivity index (χ1v) is 4.65. The van der Waals surface area contributed by atoms with E-state index >= 15 is 0 Å². The highest BCUT2D eigenvalue weighted by molar-refractivity contribution is 8.93. The Kier molecular flexibility index (Phi) is 5.17. The molecule has 0 unspecified atom stereocenters. The normalized spacial score (nSPS) is 24.3. The highest BCUT2D eigenvalue weighted by atomic mass is 79.9. The molecule has 1 atom stereocenters. The topological polar surface area (TPSA) is 38.4 Å². The van der Waals surface area contributed by atoms with Crippen LogP contribution < -0.4 is 5.73 Å². The number of halogens is 1. The maximum absolute atomic E-state index is 5.58. The minimum atomic E-state index is 0. The summed E-state index contributed by atoms with van der Waals surface area (Å²) in [5.74, 6) is 1.78. The third-order valence-electron chi connectivity index (χ3n) is 1.73. The second-order valence-corrected chi connectivity index (χ2v) is 4.03. The molecule has 2 nitrogen and oxygen atoms in total. The fourth-order valence-corrected chi connectivity index (χ4v) is 1.81. The molecule has 1 rings (SSSR count). The van der Waals surface area contributed by atoms with Gasteiger partial charge in [0.2, 0.25) is 0 Å². The molecule has 1 aliphatic rings. The smallest absolute Gasteiger partial charge is 0.154 e. The lowest BCUT2D eigenvalue weighted by atomic mass is 10.0. The van der Waals surface area contributed by atoms with Crippen LogP contribution in [-0.4, -0.2) is 17.0 Å². The fourth-order valence-electron chi connectivity index (χ4n) is 1.03. The molecule has 0 aromatic carbocycles. The lowest BCUT2D eigenvalue weighted by Gasteiger charge is -2.20. The predicted molar refractivity (Wildman–Crippen MR) is 57.6 cm³/mol. The first-order chi connectivity index (χ1) is 4.70. The van der Waals surface area contributed by atoms with E-state index in [1.54, 1.807) is 11.8 Å². The summed E-state index contributed by atoms with van der Waals surface area (Å²) in [6.07, 6.45) is 1.18. The molecule has 0 aliphatic carbocycles. The Morgan fingerprint density at radius 1 is 1.64 bits per heavy atom. The van der Waals surface area contributed by atoms with Crippen LogP contribution in [0, 0.1) is 5.92 Å². The lowest BCUT2D eigenvalue weighted by molar-refractivity contribution is 0.484. The van der Waals surface area contributed by atoms with Crippen molar-refractivity contribution in [2.45, 2.75) is 26.3 Å². The Hall–Kier alpha value is 0.300. The standard InChI is InChI=1S/C7H14N2S.BrH/c1-5(2)6-3-4-10-7(8)9-6;/h5-6H,3-4H2,1-2H3,(H2,8,9);1H/t6-;/m1./s1. The van der Waals surface area contributed by atoms with Crippen LogP contribution in [0.3, 0.4) is 0 Å². The molecule has 0 bridgehead atoms. The minimum absolute atomic E-state index is 0. The van der Waals surface area contributed by atoms with E-state index in [0.29, 0.717) is 12.0 Å². The first kappa shape index (κ1) is 11.3. The number of aliphatic imine (C=N–C) groups is 1. The molecule has 1 heterocycles. The van der Waals surface area contributed by atoms with Gasteiger partial charge in [0.25, 0.3) is 0 Å². The van der Waals surface area contributed by atoms with E-state index < -0.39 is 0 Å². The molecule has 0 saturated carbocycles. The van der Waals surface area contributed by atoms with E-state index in [-0.39, 0.29) is 17.0 Å². The van der Waals surface area contributed by atoms with Crippen molar-refractivity contribution >= 4 is 33.9 Å².